The number of hydrogen-bond donors (Lipinski definition) is 1. The zero-order chi connectivity index (χ0) is 22.6. The van der Waals surface area contributed by atoms with Crippen LogP contribution in [0.4, 0.5) is 5.13 Å². The van der Waals surface area contributed by atoms with Gasteiger partial charge in [0.15, 0.2) is 15.0 Å². The van der Waals surface area contributed by atoms with Crippen LogP contribution in [-0.2, 0) is 14.6 Å². The Morgan fingerprint density at radius 1 is 1.10 bits per heavy atom. The second kappa shape index (κ2) is 10.3. The fourth-order valence-electron chi connectivity index (χ4n) is 3.34. The van der Waals surface area contributed by atoms with Gasteiger partial charge < -0.3 is 5.32 Å². The number of fused-ring (bicyclic) bond motifs is 1. The third kappa shape index (κ3) is 6.19. The number of anilines is 1. The third-order valence-corrected chi connectivity index (χ3v) is 7.81. The van der Waals surface area contributed by atoms with Crippen LogP contribution in [0.5, 0.6) is 0 Å². The van der Waals surface area contributed by atoms with E-state index in [9.17, 15) is 13.2 Å². The van der Waals surface area contributed by atoms with Crippen molar-refractivity contribution < 1.29 is 13.2 Å². The molecule has 0 bridgehead atoms. The number of halogens is 2. The SMILES string of the molecule is CCCCCCC(C(=O)Nc1nc2ccc(S(C)(=O)=O)cc2s1)c1ccc(Cl)c(Cl)c1. The summed E-state index contributed by atoms with van der Waals surface area (Å²) < 4.78 is 24.3. The number of sulfone groups is 1. The van der Waals surface area contributed by atoms with E-state index in [4.69, 9.17) is 23.2 Å². The highest BCUT2D eigenvalue weighted by atomic mass is 35.5. The van der Waals surface area contributed by atoms with Gasteiger partial charge in [0, 0.05) is 6.26 Å². The summed E-state index contributed by atoms with van der Waals surface area (Å²) in [5.74, 6) is -0.553. The van der Waals surface area contributed by atoms with Gasteiger partial charge in [-0.3, -0.25) is 4.79 Å². The number of thiazole rings is 1. The molecule has 9 heteroatoms. The predicted octanol–water partition coefficient (Wildman–Crippen LogP) is 6.70. The number of carbonyl (C=O) groups is 1. The molecule has 0 spiro atoms. The number of rotatable bonds is 9. The van der Waals surface area contributed by atoms with Crippen molar-refractivity contribution in [1.29, 1.82) is 0 Å². The summed E-state index contributed by atoms with van der Waals surface area (Å²) in [7, 11) is -3.31. The Morgan fingerprint density at radius 2 is 1.87 bits per heavy atom. The molecule has 166 valence electrons. The second-order valence-electron chi connectivity index (χ2n) is 7.49. The fraction of sp³-hybridized carbons (Fsp3) is 0.364. The maximum absolute atomic E-state index is 13.2. The summed E-state index contributed by atoms with van der Waals surface area (Å²) in [4.78, 5) is 17.8. The number of unbranched alkanes of at least 4 members (excludes halogenated alkanes) is 3. The van der Waals surface area contributed by atoms with Crippen molar-refractivity contribution in [2.45, 2.75) is 49.8 Å². The second-order valence-corrected chi connectivity index (χ2v) is 11.3. The van der Waals surface area contributed by atoms with E-state index in [1.54, 1.807) is 24.3 Å². The number of nitrogens with zero attached hydrogens (tertiary/aromatic N) is 1. The average Bonchev–Trinajstić information content (AvgIpc) is 3.11. The molecule has 1 unspecified atom stereocenters. The van der Waals surface area contributed by atoms with Gasteiger partial charge in [0.2, 0.25) is 5.91 Å². The molecular weight excluding hydrogens is 475 g/mol. The average molecular weight is 499 g/mol. The standard InChI is InChI=1S/C22H24Cl2N2O3S2/c1-3-4-5-6-7-16(14-8-10-17(23)18(24)12-14)21(27)26-22-25-19-11-9-15(31(2,28)29)13-20(19)30-22/h8-13,16H,3-7H2,1-2H3,(H,25,26,27). The van der Waals surface area contributed by atoms with Gasteiger partial charge in [-0.15, -0.1) is 0 Å². The van der Waals surface area contributed by atoms with Gasteiger partial charge in [-0.05, 0) is 42.3 Å². The molecule has 3 rings (SSSR count). The molecule has 0 saturated heterocycles. The van der Waals surface area contributed by atoms with Crippen LogP contribution in [0.3, 0.4) is 0 Å². The molecule has 31 heavy (non-hydrogen) atoms. The molecule has 0 aliphatic heterocycles. The van der Waals surface area contributed by atoms with E-state index < -0.39 is 9.84 Å². The zero-order valence-corrected chi connectivity index (χ0v) is 20.5. The predicted molar refractivity (Wildman–Crippen MR) is 129 cm³/mol. The molecule has 1 N–H and O–H groups in total. The molecule has 1 heterocycles. The van der Waals surface area contributed by atoms with Crippen molar-refractivity contribution in [3.05, 3.63) is 52.0 Å². The third-order valence-electron chi connectivity index (χ3n) is 5.03. The molecule has 1 amide bonds. The first-order chi connectivity index (χ1) is 14.7. The number of amides is 1. The molecular formula is C22H24Cl2N2O3S2. The summed E-state index contributed by atoms with van der Waals surface area (Å²) in [5.41, 5.74) is 1.45. The van der Waals surface area contributed by atoms with E-state index in [-0.39, 0.29) is 16.7 Å². The molecule has 0 aliphatic carbocycles. The summed E-state index contributed by atoms with van der Waals surface area (Å²) in [6.07, 6.45) is 6.06. The molecule has 0 aliphatic rings. The lowest BCUT2D eigenvalue weighted by Gasteiger charge is -2.17. The Morgan fingerprint density at radius 3 is 2.55 bits per heavy atom. The quantitative estimate of drug-likeness (QED) is 0.333. The highest BCUT2D eigenvalue weighted by Crippen LogP contribution is 2.32. The normalized spacial score (nSPS) is 12.8. The minimum atomic E-state index is -3.31. The molecule has 1 aromatic heterocycles. The Balaban J connectivity index is 1.84. The van der Waals surface area contributed by atoms with Crippen LogP contribution in [0.1, 0.15) is 50.5 Å². The van der Waals surface area contributed by atoms with E-state index in [0.717, 1.165) is 37.5 Å². The van der Waals surface area contributed by atoms with Crippen LogP contribution >= 0.6 is 34.5 Å². The summed E-state index contributed by atoms with van der Waals surface area (Å²) in [6, 6.07) is 10.0. The van der Waals surface area contributed by atoms with Gasteiger partial charge in [0.05, 0.1) is 31.1 Å². The fourth-order valence-corrected chi connectivity index (χ4v) is 5.27. The smallest absolute Gasteiger partial charge is 0.233 e. The lowest BCUT2D eigenvalue weighted by Crippen LogP contribution is -2.21. The number of aromatic nitrogens is 1. The highest BCUT2D eigenvalue weighted by Gasteiger charge is 2.22. The Bertz CT molecular complexity index is 1190. The van der Waals surface area contributed by atoms with Gasteiger partial charge >= 0.3 is 0 Å². The van der Waals surface area contributed by atoms with Crippen molar-refractivity contribution in [3.8, 4) is 0 Å². The molecule has 0 radical (unpaired) electrons. The summed E-state index contributed by atoms with van der Waals surface area (Å²) >= 11 is 13.5. The summed E-state index contributed by atoms with van der Waals surface area (Å²) in [5, 5.41) is 4.20. The minimum Gasteiger partial charge on any atom is -0.301 e. The van der Waals surface area contributed by atoms with E-state index in [0.29, 0.717) is 31.8 Å². The molecule has 0 saturated carbocycles. The lowest BCUT2D eigenvalue weighted by atomic mass is 9.92. The number of hydrogen-bond acceptors (Lipinski definition) is 5. The van der Waals surface area contributed by atoms with Gasteiger partial charge in [0.1, 0.15) is 0 Å². The van der Waals surface area contributed by atoms with Crippen LogP contribution in [0.15, 0.2) is 41.3 Å². The van der Waals surface area contributed by atoms with Crippen LogP contribution in [0.25, 0.3) is 10.2 Å². The van der Waals surface area contributed by atoms with Gasteiger partial charge in [-0.1, -0.05) is 73.2 Å². The highest BCUT2D eigenvalue weighted by molar-refractivity contribution is 7.90. The molecule has 3 aromatic rings. The van der Waals surface area contributed by atoms with Crippen LogP contribution in [0.2, 0.25) is 10.0 Å². The van der Waals surface area contributed by atoms with Crippen molar-refractivity contribution >= 4 is 65.6 Å². The van der Waals surface area contributed by atoms with E-state index in [1.807, 2.05) is 6.07 Å². The molecule has 1 atom stereocenters. The van der Waals surface area contributed by atoms with Crippen molar-refractivity contribution in [2.75, 3.05) is 11.6 Å². The number of carbonyl (C=O) groups excluding carboxylic acids is 1. The first-order valence-corrected chi connectivity index (χ1v) is 13.5. The minimum absolute atomic E-state index is 0.169. The van der Waals surface area contributed by atoms with E-state index in [2.05, 4.69) is 17.2 Å². The lowest BCUT2D eigenvalue weighted by molar-refractivity contribution is -0.117. The summed E-state index contributed by atoms with van der Waals surface area (Å²) in [6.45, 7) is 2.14. The van der Waals surface area contributed by atoms with Gasteiger partial charge in [-0.25, -0.2) is 13.4 Å². The number of benzene rings is 2. The van der Waals surface area contributed by atoms with Crippen LogP contribution < -0.4 is 5.32 Å². The van der Waals surface area contributed by atoms with E-state index in [1.165, 1.54) is 17.4 Å². The van der Waals surface area contributed by atoms with Crippen LogP contribution in [-0.4, -0.2) is 25.6 Å². The first kappa shape index (κ1) is 24.0. The Kier molecular flexibility index (Phi) is 7.97. The topological polar surface area (TPSA) is 76.1 Å². The van der Waals surface area contributed by atoms with Crippen molar-refractivity contribution in [1.82, 2.24) is 4.98 Å². The molecule has 5 nitrogen and oxygen atoms in total. The molecule has 2 aromatic carbocycles. The zero-order valence-electron chi connectivity index (χ0n) is 17.3. The largest absolute Gasteiger partial charge is 0.301 e. The first-order valence-electron chi connectivity index (χ1n) is 10.1. The monoisotopic (exact) mass is 498 g/mol. The van der Waals surface area contributed by atoms with Gasteiger partial charge in [-0.2, -0.15) is 0 Å². The Hall–Kier alpha value is -1.67. The maximum Gasteiger partial charge on any atom is 0.233 e. The van der Waals surface area contributed by atoms with Crippen molar-refractivity contribution in [3.63, 3.8) is 0 Å². The van der Waals surface area contributed by atoms with Crippen LogP contribution in [0, 0.1) is 0 Å². The maximum atomic E-state index is 13.2. The van der Waals surface area contributed by atoms with E-state index >= 15 is 0 Å². The van der Waals surface area contributed by atoms with Gasteiger partial charge in [0.25, 0.3) is 0 Å². The molecule has 0 fully saturated rings. The number of nitrogens with one attached hydrogen (secondary N) is 1. The Labute approximate surface area is 196 Å². The van der Waals surface area contributed by atoms with Crippen molar-refractivity contribution in [2.24, 2.45) is 0 Å².